The lowest BCUT2D eigenvalue weighted by Gasteiger charge is -2.40. The molecule has 1 heterocycles. The topological polar surface area (TPSA) is 149 Å². The highest BCUT2D eigenvalue weighted by molar-refractivity contribution is 5.76. The van der Waals surface area contributed by atoms with Gasteiger partial charge in [-0.3, -0.25) is 4.79 Å². The van der Waals surface area contributed by atoms with Crippen LogP contribution in [0.15, 0.2) is 60.8 Å². The highest BCUT2D eigenvalue weighted by Gasteiger charge is 2.44. The number of allylic oxidation sites excluding steroid dienone is 10. The zero-order chi connectivity index (χ0) is 53.6. The highest BCUT2D eigenvalue weighted by Crippen LogP contribution is 2.23. The van der Waals surface area contributed by atoms with Crippen LogP contribution in [0.25, 0.3) is 0 Å². The molecule has 0 aromatic rings. The second-order valence-corrected chi connectivity index (χ2v) is 21.8. The summed E-state index contributed by atoms with van der Waals surface area (Å²) in [7, 11) is 0. The van der Waals surface area contributed by atoms with Crippen LogP contribution in [-0.2, 0) is 14.3 Å². The average molecular weight is 1040 g/mol. The van der Waals surface area contributed by atoms with E-state index in [9.17, 15) is 30.3 Å². The highest BCUT2D eigenvalue weighted by atomic mass is 16.7. The monoisotopic (exact) mass is 1040 g/mol. The summed E-state index contributed by atoms with van der Waals surface area (Å²) in [5, 5.41) is 54.7. The molecular weight excluding hydrogens is 923 g/mol. The van der Waals surface area contributed by atoms with Gasteiger partial charge < -0.3 is 40.3 Å². The normalized spacial score (nSPS) is 19.4. The van der Waals surface area contributed by atoms with Gasteiger partial charge in [0.05, 0.1) is 25.4 Å². The number of rotatable bonds is 54. The average Bonchev–Trinajstić information content (AvgIpc) is 3.40. The van der Waals surface area contributed by atoms with E-state index in [4.69, 9.17) is 9.47 Å². The van der Waals surface area contributed by atoms with E-state index in [1.807, 2.05) is 0 Å². The zero-order valence-corrected chi connectivity index (χ0v) is 48.1. The Labute approximate surface area is 456 Å². The van der Waals surface area contributed by atoms with Crippen molar-refractivity contribution in [3.8, 4) is 0 Å². The van der Waals surface area contributed by atoms with Crippen molar-refractivity contribution < 1.29 is 39.8 Å². The van der Waals surface area contributed by atoms with E-state index in [0.717, 1.165) is 70.6 Å². The fraction of sp³-hybridized carbons (Fsp3) is 0.831. The number of aliphatic hydroxyl groups excluding tert-OH is 5. The minimum absolute atomic E-state index is 0.136. The van der Waals surface area contributed by atoms with Gasteiger partial charge in [-0.15, -0.1) is 0 Å². The molecule has 7 unspecified atom stereocenters. The van der Waals surface area contributed by atoms with Gasteiger partial charge in [0.1, 0.15) is 24.4 Å². The Kier molecular flexibility index (Phi) is 51.3. The van der Waals surface area contributed by atoms with Crippen LogP contribution in [-0.4, -0.2) is 87.5 Å². The van der Waals surface area contributed by atoms with Crippen LogP contribution in [0, 0.1) is 0 Å². The third kappa shape index (κ3) is 42.9. The molecule has 0 aliphatic carbocycles. The lowest BCUT2D eigenvalue weighted by atomic mass is 9.99. The maximum atomic E-state index is 13.1. The molecule has 0 spiro atoms. The number of carbonyl (C=O) groups is 1. The number of ether oxygens (including phenoxy) is 2. The summed E-state index contributed by atoms with van der Waals surface area (Å²) >= 11 is 0. The largest absolute Gasteiger partial charge is 0.394 e. The van der Waals surface area contributed by atoms with Crippen LogP contribution in [0.2, 0.25) is 0 Å². The molecule has 0 aromatic carbocycles. The summed E-state index contributed by atoms with van der Waals surface area (Å²) in [4.78, 5) is 13.1. The molecule has 432 valence electrons. The fourth-order valence-corrected chi connectivity index (χ4v) is 9.96. The smallest absolute Gasteiger partial charge is 0.220 e. The molecule has 6 N–H and O–H groups in total. The first-order valence-electron chi connectivity index (χ1n) is 31.5. The predicted molar refractivity (Wildman–Crippen MR) is 313 cm³/mol. The van der Waals surface area contributed by atoms with Crippen LogP contribution in [0.3, 0.4) is 0 Å². The van der Waals surface area contributed by atoms with Crippen molar-refractivity contribution >= 4 is 5.91 Å². The van der Waals surface area contributed by atoms with Crippen LogP contribution in [0.4, 0.5) is 0 Å². The van der Waals surface area contributed by atoms with Gasteiger partial charge in [0.2, 0.25) is 5.91 Å². The molecule has 7 atom stereocenters. The Morgan fingerprint density at radius 2 is 0.838 bits per heavy atom. The first-order valence-corrected chi connectivity index (χ1v) is 31.5. The fourth-order valence-electron chi connectivity index (χ4n) is 9.96. The molecule has 1 fully saturated rings. The summed E-state index contributed by atoms with van der Waals surface area (Å²) in [6.07, 6.45) is 67.0. The van der Waals surface area contributed by atoms with E-state index >= 15 is 0 Å². The number of carbonyl (C=O) groups excluding carboxylic acids is 1. The van der Waals surface area contributed by atoms with Crippen molar-refractivity contribution in [1.29, 1.82) is 0 Å². The van der Waals surface area contributed by atoms with Gasteiger partial charge in [0.25, 0.3) is 0 Å². The van der Waals surface area contributed by atoms with Gasteiger partial charge in [-0.2, -0.15) is 0 Å². The van der Waals surface area contributed by atoms with Crippen LogP contribution in [0.5, 0.6) is 0 Å². The molecule has 1 aliphatic rings. The lowest BCUT2D eigenvalue weighted by Crippen LogP contribution is -2.60. The first kappa shape index (κ1) is 69.9. The Balaban J connectivity index is 2.09. The maximum Gasteiger partial charge on any atom is 0.220 e. The zero-order valence-electron chi connectivity index (χ0n) is 48.1. The van der Waals surface area contributed by atoms with Crippen LogP contribution >= 0.6 is 0 Å². The van der Waals surface area contributed by atoms with Crippen molar-refractivity contribution in [3.63, 3.8) is 0 Å². The second kappa shape index (κ2) is 54.3. The standard InChI is InChI=1S/C65H119NO8/c1-3-5-7-9-11-13-15-17-19-21-22-23-24-25-26-27-28-29-30-31-32-33-34-35-36-37-38-39-41-43-45-47-49-51-53-55-61(69)66-58(57-73-65-64(72)63(71)62(70)60(56-67)74-65)59(68)54-52-50-48-46-44-42-40-20-18-16-14-12-10-8-6-4-2/h5,7,11,13,17,19,22-23,25-26,58-60,62-65,67-68,70-72H,3-4,6,8-10,12,14-16,18,20-21,24,27-57H2,1-2H3,(H,66,69)/b7-5-,13-11-,19-17-,23-22-,26-25-. The summed E-state index contributed by atoms with van der Waals surface area (Å²) in [6, 6.07) is -0.719. The van der Waals surface area contributed by atoms with Gasteiger partial charge in [-0.05, 0) is 57.8 Å². The van der Waals surface area contributed by atoms with Crippen molar-refractivity contribution in [2.75, 3.05) is 13.2 Å². The van der Waals surface area contributed by atoms with Crippen molar-refractivity contribution in [2.24, 2.45) is 0 Å². The molecule has 0 bridgehead atoms. The summed E-state index contributed by atoms with van der Waals surface area (Å²) in [6.45, 7) is 3.75. The molecule has 9 heteroatoms. The minimum atomic E-state index is -1.55. The molecule has 1 saturated heterocycles. The molecule has 0 radical (unpaired) electrons. The molecule has 74 heavy (non-hydrogen) atoms. The van der Waals surface area contributed by atoms with Gasteiger partial charge in [-0.1, -0.05) is 286 Å². The summed E-state index contributed by atoms with van der Waals surface area (Å²) in [5.74, 6) is -0.141. The van der Waals surface area contributed by atoms with Crippen LogP contribution in [0.1, 0.15) is 290 Å². The van der Waals surface area contributed by atoms with Crippen molar-refractivity contribution in [1.82, 2.24) is 5.32 Å². The number of unbranched alkanes of at least 4 members (excludes halogenated alkanes) is 34. The molecule has 0 aromatic heterocycles. The van der Waals surface area contributed by atoms with Crippen molar-refractivity contribution in [2.45, 2.75) is 333 Å². The third-order valence-electron chi connectivity index (χ3n) is 14.9. The Hall–Kier alpha value is -2.11. The van der Waals surface area contributed by atoms with E-state index in [1.165, 1.54) is 193 Å². The first-order chi connectivity index (χ1) is 36.3. The lowest BCUT2D eigenvalue weighted by molar-refractivity contribution is -0.302. The molecule has 1 rings (SSSR count). The Morgan fingerprint density at radius 1 is 0.473 bits per heavy atom. The number of hydrogen-bond donors (Lipinski definition) is 6. The SMILES string of the molecule is CC/C=C\C/C=C\C/C=C\C/C=C\C/C=C\CCCCCCCCCCCCCCCCCCCCCC(=O)NC(COC1OC(CO)C(O)C(O)C1O)C(O)CCCCCCCCCCCCCCCCCC. The molecule has 1 aliphatic heterocycles. The van der Waals surface area contributed by atoms with Gasteiger partial charge in [0.15, 0.2) is 6.29 Å². The molecule has 0 saturated carbocycles. The van der Waals surface area contributed by atoms with Crippen molar-refractivity contribution in [3.05, 3.63) is 60.8 Å². The molecule has 9 nitrogen and oxygen atoms in total. The minimum Gasteiger partial charge on any atom is -0.394 e. The molecular formula is C65H119NO8. The van der Waals surface area contributed by atoms with E-state index in [0.29, 0.717) is 12.8 Å². The number of nitrogens with one attached hydrogen (secondary N) is 1. The predicted octanol–water partition coefficient (Wildman–Crippen LogP) is 16.2. The van der Waals surface area contributed by atoms with Crippen LogP contribution < -0.4 is 5.32 Å². The Morgan fingerprint density at radius 3 is 1.24 bits per heavy atom. The number of amides is 1. The maximum absolute atomic E-state index is 13.1. The van der Waals surface area contributed by atoms with E-state index in [2.05, 4.69) is 79.9 Å². The number of aliphatic hydroxyl groups is 5. The quantitative estimate of drug-likeness (QED) is 0.0261. The Bertz CT molecular complexity index is 1350. The van der Waals surface area contributed by atoms with E-state index in [1.54, 1.807) is 0 Å². The third-order valence-corrected chi connectivity index (χ3v) is 14.9. The van der Waals surface area contributed by atoms with E-state index in [-0.39, 0.29) is 12.5 Å². The summed E-state index contributed by atoms with van der Waals surface area (Å²) < 4.78 is 11.3. The van der Waals surface area contributed by atoms with E-state index < -0.39 is 49.5 Å². The van der Waals surface area contributed by atoms with Gasteiger partial charge >= 0.3 is 0 Å². The van der Waals surface area contributed by atoms with Gasteiger partial charge in [0, 0.05) is 6.42 Å². The molecule has 1 amide bonds. The van der Waals surface area contributed by atoms with Gasteiger partial charge in [-0.25, -0.2) is 0 Å². The summed E-state index contributed by atoms with van der Waals surface area (Å²) in [5.41, 5.74) is 0. The second-order valence-electron chi connectivity index (χ2n) is 21.8. The number of hydrogen-bond acceptors (Lipinski definition) is 8.